The lowest BCUT2D eigenvalue weighted by molar-refractivity contribution is 0.133. The Balaban J connectivity index is 2.70. The molecule has 1 aromatic rings. The van der Waals surface area contributed by atoms with Gasteiger partial charge in [-0.3, -0.25) is 4.90 Å². The highest BCUT2D eigenvalue weighted by Crippen LogP contribution is 2.20. The van der Waals surface area contributed by atoms with E-state index in [4.69, 9.17) is 5.73 Å². The van der Waals surface area contributed by atoms with Crippen LogP contribution in [0.2, 0.25) is 0 Å². The molecule has 1 aromatic carbocycles. The SMILES string of the molecule is CN(C)CCN(C)C(C)(CN)Cc1ccc(Br)cc1. The molecule has 0 amide bonds. The van der Waals surface area contributed by atoms with E-state index in [0.29, 0.717) is 6.54 Å². The Hall–Kier alpha value is -0.420. The fourth-order valence-corrected chi connectivity index (χ4v) is 2.29. The number of nitrogens with zero attached hydrogens (tertiary/aromatic N) is 2. The molecule has 19 heavy (non-hydrogen) atoms. The molecule has 3 nitrogen and oxygen atoms in total. The average Bonchev–Trinajstić information content (AvgIpc) is 2.38. The molecule has 1 rings (SSSR count). The summed E-state index contributed by atoms with van der Waals surface area (Å²) in [5.41, 5.74) is 7.36. The summed E-state index contributed by atoms with van der Waals surface area (Å²) >= 11 is 3.47. The maximum Gasteiger partial charge on any atom is 0.0341 e. The van der Waals surface area contributed by atoms with Crippen molar-refractivity contribution in [2.75, 3.05) is 40.8 Å². The maximum atomic E-state index is 6.03. The van der Waals surface area contributed by atoms with Crippen LogP contribution < -0.4 is 5.73 Å². The van der Waals surface area contributed by atoms with Crippen molar-refractivity contribution < 1.29 is 0 Å². The number of halogens is 1. The minimum atomic E-state index is 0.00381. The average molecular weight is 328 g/mol. The van der Waals surface area contributed by atoms with Crippen molar-refractivity contribution in [2.24, 2.45) is 5.73 Å². The first-order chi connectivity index (χ1) is 8.87. The van der Waals surface area contributed by atoms with E-state index in [-0.39, 0.29) is 5.54 Å². The van der Waals surface area contributed by atoms with Crippen LogP contribution in [0.4, 0.5) is 0 Å². The predicted octanol–water partition coefficient (Wildman–Crippen LogP) is 2.20. The summed E-state index contributed by atoms with van der Waals surface area (Å²) in [6, 6.07) is 8.51. The van der Waals surface area contributed by atoms with Crippen molar-refractivity contribution in [1.29, 1.82) is 0 Å². The van der Waals surface area contributed by atoms with Gasteiger partial charge in [0, 0.05) is 29.6 Å². The van der Waals surface area contributed by atoms with Gasteiger partial charge in [0.05, 0.1) is 0 Å². The van der Waals surface area contributed by atoms with Crippen molar-refractivity contribution in [3.8, 4) is 0 Å². The molecular weight excluding hydrogens is 302 g/mol. The Morgan fingerprint density at radius 2 is 1.68 bits per heavy atom. The zero-order valence-electron chi connectivity index (χ0n) is 12.5. The first-order valence-corrected chi connectivity index (χ1v) is 7.47. The summed E-state index contributed by atoms with van der Waals surface area (Å²) in [6.07, 6.45) is 0.973. The van der Waals surface area contributed by atoms with Crippen LogP contribution in [0.15, 0.2) is 28.7 Å². The van der Waals surface area contributed by atoms with E-state index in [1.54, 1.807) is 0 Å². The van der Waals surface area contributed by atoms with Crippen LogP contribution >= 0.6 is 15.9 Å². The number of nitrogens with two attached hydrogens (primary N) is 1. The largest absolute Gasteiger partial charge is 0.329 e. The van der Waals surface area contributed by atoms with E-state index in [0.717, 1.165) is 24.0 Å². The van der Waals surface area contributed by atoms with Gasteiger partial charge in [-0.05, 0) is 52.2 Å². The molecule has 1 atom stereocenters. The number of benzene rings is 1. The Morgan fingerprint density at radius 3 is 2.16 bits per heavy atom. The molecule has 4 heteroatoms. The number of rotatable bonds is 7. The molecule has 2 N–H and O–H groups in total. The van der Waals surface area contributed by atoms with Crippen molar-refractivity contribution in [1.82, 2.24) is 9.80 Å². The standard InChI is InChI=1S/C15H26BrN3/c1-15(12-17,19(4)10-9-18(2)3)11-13-5-7-14(16)8-6-13/h5-8H,9-12,17H2,1-4H3. The van der Waals surface area contributed by atoms with Crippen LogP contribution in [0.25, 0.3) is 0 Å². The molecule has 0 fully saturated rings. The second-order valence-corrected chi connectivity index (χ2v) is 6.64. The third kappa shape index (κ3) is 5.22. The van der Waals surface area contributed by atoms with Gasteiger partial charge in [-0.15, -0.1) is 0 Å². The molecule has 1 unspecified atom stereocenters. The molecule has 0 aliphatic heterocycles. The van der Waals surface area contributed by atoms with Gasteiger partial charge in [-0.25, -0.2) is 0 Å². The fourth-order valence-electron chi connectivity index (χ4n) is 2.02. The zero-order valence-corrected chi connectivity index (χ0v) is 14.1. The first kappa shape index (κ1) is 16.6. The van der Waals surface area contributed by atoms with Crippen molar-refractivity contribution in [3.05, 3.63) is 34.3 Å². The highest BCUT2D eigenvalue weighted by atomic mass is 79.9. The third-order valence-electron chi connectivity index (χ3n) is 3.74. The van der Waals surface area contributed by atoms with Gasteiger partial charge in [-0.1, -0.05) is 28.1 Å². The number of hydrogen-bond donors (Lipinski definition) is 1. The molecule has 0 aliphatic carbocycles. The van der Waals surface area contributed by atoms with E-state index >= 15 is 0 Å². The number of hydrogen-bond acceptors (Lipinski definition) is 3. The third-order valence-corrected chi connectivity index (χ3v) is 4.27. The van der Waals surface area contributed by atoms with E-state index < -0.39 is 0 Å². The number of likely N-dealkylation sites (N-methyl/N-ethyl adjacent to an activating group) is 2. The molecule has 0 saturated carbocycles. The lowest BCUT2D eigenvalue weighted by Gasteiger charge is -2.39. The van der Waals surface area contributed by atoms with E-state index in [9.17, 15) is 0 Å². The maximum absolute atomic E-state index is 6.03. The Morgan fingerprint density at radius 1 is 1.11 bits per heavy atom. The first-order valence-electron chi connectivity index (χ1n) is 6.68. The van der Waals surface area contributed by atoms with Crippen LogP contribution in [-0.2, 0) is 6.42 Å². The summed E-state index contributed by atoms with van der Waals surface area (Å²) < 4.78 is 1.12. The van der Waals surface area contributed by atoms with Crippen LogP contribution in [0.5, 0.6) is 0 Å². The summed E-state index contributed by atoms with van der Waals surface area (Å²) in [4.78, 5) is 4.57. The molecule has 0 aliphatic rings. The zero-order chi connectivity index (χ0) is 14.5. The molecule has 0 saturated heterocycles. The second kappa shape index (κ2) is 7.39. The van der Waals surface area contributed by atoms with Gasteiger partial charge in [0.25, 0.3) is 0 Å². The monoisotopic (exact) mass is 327 g/mol. The molecule has 108 valence electrons. The van der Waals surface area contributed by atoms with Crippen LogP contribution in [0.3, 0.4) is 0 Å². The minimum Gasteiger partial charge on any atom is -0.329 e. The van der Waals surface area contributed by atoms with Gasteiger partial charge in [-0.2, -0.15) is 0 Å². The normalized spacial score (nSPS) is 14.9. The molecule has 0 radical (unpaired) electrons. The quantitative estimate of drug-likeness (QED) is 0.833. The second-order valence-electron chi connectivity index (χ2n) is 5.73. The molecule has 0 bridgehead atoms. The minimum absolute atomic E-state index is 0.00381. The lowest BCUT2D eigenvalue weighted by atomic mass is 9.91. The summed E-state index contributed by atoms with van der Waals surface area (Å²) in [5, 5.41) is 0. The highest BCUT2D eigenvalue weighted by molar-refractivity contribution is 9.10. The lowest BCUT2D eigenvalue weighted by Crippen LogP contribution is -2.52. The van der Waals surface area contributed by atoms with Crippen molar-refractivity contribution in [2.45, 2.75) is 18.9 Å². The summed E-state index contributed by atoms with van der Waals surface area (Å²) in [6.45, 7) is 4.97. The van der Waals surface area contributed by atoms with Crippen LogP contribution in [-0.4, -0.2) is 56.1 Å². The van der Waals surface area contributed by atoms with Gasteiger partial charge >= 0.3 is 0 Å². The molecule has 0 spiro atoms. The van der Waals surface area contributed by atoms with E-state index in [1.165, 1.54) is 5.56 Å². The van der Waals surface area contributed by atoms with Crippen LogP contribution in [0.1, 0.15) is 12.5 Å². The topological polar surface area (TPSA) is 32.5 Å². The predicted molar refractivity (Wildman–Crippen MR) is 86.5 cm³/mol. The van der Waals surface area contributed by atoms with E-state index in [1.807, 2.05) is 0 Å². The smallest absolute Gasteiger partial charge is 0.0341 e. The fraction of sp³-hybridized carbons (Fsp3) is 0.600. The molecule has 0 heterocycles. The van der Waals surface area contributed by atoms with E-state index in [2.05, 4.69) is 78.1 Å². The Bertz CT molecular complexity index is 377. The Labute approximate surface area is 125 Å². The van der Waals surface area contributed by atoms with Gasteiger partial charge in [0.1, 0.15) is 0 Å². The Kier molecular flexibility index (Phi) is 6.47. The van der Waals surface area contributed by atoms with Crippen molar-refractivity contribution in [3.63, 3.8) is 0 Å². The molecular formula is C15H26BrN3. The molecule has 0 aromatic heterocycles. The highest BCUT2D eigenvalue weighted by Gasteiger charge is 2.27. The summed E-state index contributed by atoms with van der Waals surface area (Å²) in [5.74, 6) is 0. The van der Waals surface area contributed by atoms with Gasteiger partial charge in [0.15, 0.2) is 0 Å². The van der Waals surface area contributed by atoms with Gasteiger partial charge < -0.3 is 10.6 Å². The van der Waals surface area contributed by atoms with Crippen molar-refractivity contribution >= 4 is 15.9 Å². The van der Waals surface area contributed by atoms with Crippen LogP contribution in [0, 0.1) is 0 Å². The summed E-state index contributed by atoms with van der Waals surface area (Å²) in [7, 11) is 6.36. The van der Waals surface area contributed by atoms with Gasteiger partial charge in [0.2, 0.25) is 0 Å².